The zero-order valence-corrected chi connectivity index (χ0v) is 30.9. The third-order valence-electron chi connectivity index (χ3n) is 8.51. The maximum absolute atomic E-state index is 13.8. The van der Waals surface area contributed by atoms with E-state index in [1.165, 1.54) is 14.2 Å². The zero-order chi connectivity index (χ0) is 37.8. The molecule has 0 saturated carbocycles. The quantitative estimate of drug-likeness (QED) is 0.160. The SMILES string of the molecule is COC(=O)N[C@H](C(=O)N[C@H](Cc1ccc(-c2ccccn2)cc1)C[C@H](O)[C@H](Cc1ccccc1)NC(=O)[C@@H](NC(=O)OC)C(C)(C)C)C(C)(C)C. The van der Waals surface area contributed by atoms with E-state index in [0.717, 1.165) is 22.4 Å². The minimum atomic E-state index is -1.15. The minimum Gasteiger partial charge on any atom is -0.453 e. The van der Waals surface area contributed by atoms with Gasteiger partial charge in [-0.05, 0) is 53.4 Å². The topological polar surface area (TPSA) is 168 Å². The lowest BCUT2D eigenvalue weighted by molar-refractivity contribution is -0.128. The highest BCUT2D eigenvalue weighted by molar-refractivity contribution is 5.87. The van der Waals surface area contributed by atoms with E-state index >= 15 is 0 Å². The summed E-state index contributed by atoms with van der Waals surface area (Å²) in [6, 6.07) is 19.5. The fraction of sp³-hybridized carbons (Fsp3) is 0.462. The van der Waals surface area contributed by atoms with Gasteiger partial charge in [0.25, 0.3) is 0 Å². The monoisotopic (exact) mass is 703 g/mol. The van der Waals surface area contributed by atoms with Gasteiger partial charge in [0.15, 0.2) is 0 Å². The summed E-state index contributed by atoms with van der Waals surface area (Å²) in [7, 11) is 2.45. The summed E-state index contributed by atoms with van der Waals surface area (Å²) < 4.78 is 9.56. The summed E-state index contributed by atoms with van der Waals surface area (Å²) >= 11 is 0. The largest absolute Gasteiger partial charge is 0.453 e. The molecule has 0 saturated heterocycles. The summed E-state index contributed by atoms with van der Waals surface area (Å²) in [6.07, 6.45) is -0.262. The van der Waals surface area contributed by atoms with Crippen molar-refractivity contribution in [2.24, 2.45) is 10.8 Å². The van der Waals surface area contributed by atoms with Gasteiger partial charge in [-0.15, -0.1) is 0 Å². The molecule has 0 unspecified atom stereocenters. The number of nitrogens with zero attached hydrogens (tertiary/aromatic N) is 1. The molecule has 3 aromatic rings. The van der Waals surface area contributed by atoms with Crippen molar-refractivity contribution in [2.45, 2.75) is 91.1 Å². The molecule has 0 spiro atoms. The summed E-state index contributed by atoms with van der Waals surface area (Å²) in [5, 5.41) is 23.2. The normalized spacial score (nSPS) is 14.5. The number of hydrogen-bond donors (Lipinski definition) is 5. The van der Waals surface area contributed by atoms with Crippen molar-refractivity contribution in [3.05, 3.63) is 90.1 Å². The summed E-state index contributed by atoms with van der Waals surface area (Å²) in [4.78, 5) is 56.4. The number of ether oxygens (including phenoxy) is 2. The number of rotatable bonds is 14. The Kier molecular flexibility index (Phi) is 14.5. The van der Waals surface area contributed by atoms with Crippen LogP contribution in [0.15, 0.2) is 79.0 Å². The van der Waals surface area contributed by atoms with Gasteiger partial charge in [-0.3, -0.25) is 14.6 Å². The molecular formula is C39H53N5O7. The van der Waals surface area contributed by atoms with Gasteiger partial charge < -0.3 is 35.8 Å². The predicted octanol–water partition coefficient (Wildman–Crippen LogP) is 4.80. The lowest BCUT2D eigenvalue weighted by Crippen LogP contribution is -2.59. The Labute approximate surface area is 301 Å². The molecule has 12 nitrogen and oxygen atoms in total. The number of benzene rings is 2. The number of alkyl carbamates (subject to hydrolysis) is 2. The number of nitrogens with one attached hydrogen (secondary N) is 4. The first kappa shape index (κ1) is 40.5. The number of aromatic nitrogens is 1. The molecule has 2 aromatic carbocycles. The van der Waals surface area contributed by atoms with E-state index in [1.54, 1.807) is 6.20 Å². The second-order valence-corrected chi connectivity index (χ2v) is 14.8. The first-order valence-electron chi connectivity index (χ1n) is 17.0. The Balaban J connectivity index is 1.96. The van der Waals surface area contributed by atoms with Crippen LogP contribution in [0.25, 0.3) is 11.3 Å². The Morgan fingerprint density at radius 2 is 1.18 bits per heavy atom. The third-order valence-corrected chi connectivity index (χ3v) is 8.51. The number of carbonyl (C=O) groups is 4. The van der Waals surface area contributed by atoms with Gasteiger partial charge >= 0.3 is 12.2 Å². The van der Waals surface area contributed by atoms with Gasteiger partial charge in [-0.25, -0.2) is 9.59 Å². The summed E-state index contributed by atoms with van der Waals surface area (Å²) in [6.45, 7) is 10.9. The molecule has 1 heterocycles. The fourth-order valence-electron chi connectivity index (χ4n) is 5.68. The lowest BCUT2D eigenvalue weighted by Gasteiger charge is -2.34. The van der Waals surface area contributed by atoms with E-state index in [-0.39, 0.29) is 12.8 Å². The molecule has 0 aliphatic heterocycles. The highest BCUT2D eigenvalue weighted by atomic mass is 16.5. The van der Waals surface area contributed by atoms with Gasteiger partial charge in [0, 0.05) is 17.8 Å². The molecule has 0 radical (unpaired) electrons. The predicted molar refractivity (Wildman–Crippen MR) is 196 cm³/mol. The molecule has 0 bridgehead atoms. The summed E-state index contributed by atoms with van der Waals surface area (Å²) in [5.74, 6) is -0.942. The van der Waals surface area contributed by atoms with E-state index in [2.05, 4.69) is 26.3 Å². The van der Waals surface area contributed by atoms with Crippen LogP contribution in [0.4, 0.5) is 9.59 Å². The number of hydrogen-bond acceptors (Lipinski definition) is 8. The highest BCUT2D eigenvalue weighted by Crippen LogP contribution is 2.24. The van der Waals surface area contributed by atoms with E-state index in [9.17, 15) is 24.3 Å². The van der Waals surface area contributed by atoms with Crippen LogP contribution in [-0.2, 0) is 31.9 Å². The fourth-order valence-corrected chi connectivity index (χ4v) is 5.68. The molecule has 5 atom stereocenters. The molecule has 3 rings (SSSR count). The number of aliphatic hydroxyl groups is 1. The van der Waals surface area contributed by atoms with Crippen molar-refractivity contribution < 1.29 is 33.8 Å². The maximum Gasteiger partial charge on any atom is 0.407 e. The smallest absolute Gasteiger partial charge is 0.407 e. The molecular weight excluding hydrogens is 650 g/mol. The number of amides is 4. The molecule has 5 N–H and O–H groups in total. The Hall–Kier alpha value is -4.97. The zero-order valence-electron chi connectivity index (χ0n) is 30.9. The number of methoxy groups -OCH3 is 2. The second-order valence-electron chi connectivity index (χ2n) is 14.8. The van der Waals surface area contributed by atoms with Crippen LogP contribution in [0.2, 0.25) is 0 Å². The minimum absolute atomic E-state index is 0.0468. The average molecular weight is 704 g/mol. The van der Waals surface area contributed by atoms with Crippen LogP contribution < -0.4 is 21.3 Å². The van der Waals surface area contributed by atoms with Gasteiger partial charge in [-0.1, -0.05) is 102 Å². The molecule has 0 aliphatic rings. The molecule has 12 heteroatoms. The van der Waals surface area contributed by atoms with Crippen molar-refractivity contribution >= 4 is 24.0 Å². The standard InChI is InChI=1S/C39H53N5O7/c1-38(2,3)32(43-36(48)50-7)34(46)41-28(22-26-17-19-27(20-18-26)29-16-12-13-21-40-29)24-31(45)30(23-25-14-10-9-11-15-25)42-35(47)33(39(4,5)6)44-37(49)51-8/h9-21,28,30-33,45H,22-24H2,1-8H3,(H,41,46)(H,42,47)(H,43,48)(H,44,49)/t28-,30+,31+,32-,33-/m1/s1. The molecule has 4 amide bonds. The van der Waals surface area contributed by atoms with Crippen molar-refractivity contribution in [1.29, 1.82) is 0 Å². The second kappa shape index (κ2) is 18.3. The number of carbonyl (C=O) groups excluding carboxylic acids is 4. The highest BCUT2D eigenvalue weighted by Gasteiger charge is 2.37. The first-order valence-corrected chi connectivity index (χ1v) is 17.0. The van der Waals surface area contributed by atoms with Crippen LogP contribution in [0.1, 0.15) is 59.1 Å². The average Bonchev–Trinajstić information content (AvgIpc) is 3.08. The van der Waals surface area contributed by atoms with Crippen LogP contribution in [0, 0.1) is 10.8 Å². The number of aliphatic hydroxyl groups excluding tert-OH is 1. The molecule has 0 aliphatic carbocycles. The first-order chi connectivity index (χ1) is 24.0. The van der Waals surface area contributed by atoms with E-state index in [4.69, 9.17) is 9.47 Å². The van der Waals surface area contributed by atoms with Crippen molar-refractivity contribution in [3.63, 3.8) is 0 Å². The van der Waals surface area contributed by atoms with Gasteiger partial charge in [0.2, 0.25) is 11.8 Å². The third kappa shape index (κ3) is 12.7. The van der Waals surface area contributed by atoms with Gasteiger partial charge in [0.1, 0.15) is 12.1 Å². The van der Waals surface area contributed by atoms with Crippen LogP contribution >= 0.6 is 0 Å². The Bertz CT molecular complexity index is 1570. The van der Waals surface area contributed by atoms with Crippen molar-refractivity contribution in [1.82, 2.24) is 26.3 Å². The van der Waals surface area contributed by atoms with Crippen molar-refractivity contribution in [3.8, 4) is 11.3 Å². The molecule has 0 fully saturated rings. The van der Waals surface area contributed by atoms with E-state index in [1.807, 2.05) is 114 Å². The van der Waals surface area contributed by atoms with E-state index in [0.29, 0.717) is 6.42 Å². The van der Waals surface area contributed by atoms with E-state index < -0.39 is 65.1 Å². The van der Waals surface area contributed by atoms with Gasteiger partial charge in [-0.2, -0.15) is 0 Å². The van der Waals surface area contributed by atoms with Crippen LogP contribution in [-0.4, -0.2) is 78.6 Å². The van der Waals surface area contributed by atoms with Crippen LogP contribution in [0.3, 0.4) is 0 Å². The molecule has 276 valence electrons. The Morgan fingerprint density at radius 1 is 0.667 bits per heavy atom. The summed E-state index contributed by atoms with van der Waals surface area (Å²) in [5.41, 5.74) is 2.14. The molecule has 51 heavy (non-hydrogen) atoms. The number of pyridine rings is 1. The van der Waals surface area contributed by atoms with Gasteiger partial charge in [0.05, 0.1) is 32.1 Å². The van der Waals surface area contributed by atoms with Crippen LogP contribution in [0.5, 0.6) is 0 Å². The lowest BCUT2D eigenvalue weighted by atomic mass is 9.85. The Morgan fingerprint density at radius 3 is 1.67 bits per heavy atom. The maximum atomic E-state index is 13.8. The van der Waals surface area contributed by atoms with Crippen molar-refractivity contribution in [2.75, 3.05) is 14.2 Å². The molecule has 1 aromatic heterocycles.